The molecule has 1 amide bonds. The second-order valence-corrected chi connectivity index (χ2v) is 9.01. The Labute approximate surface area is 171 Å². The monoisotopic (exact) mass is 418 g/mol. The van der Waals surface area contributed by atoms with Crippen LogP contribution in [-0.2, 0) is 11.3 Å². The van der Waals surface area contributed by atoms with Crippen LogP contribution in [0.1, 0.15) is 5.56 Å². The standard InChI is InChI=1S/C20H22N2O2S3/c1-14-4-7-16(8-5-14)26-13-19(23)21-20-22(10-11-25-3)17-9-6-15(24-2)12-18(17)27-20/h4-9,12H,10-11,13H2,1-3H3. The maximum Gasteiger partial charge on any atom is 0.258 e. The fourth-order valence-corrected chi connectivity index (χ4v) is 4.73. The van der Waals surface area contributed by atoms with Gasteiger partial charge in [0.1, 0.15) is 5.75 Å². The molecule has 0 bridgehead atoms. The number of fused-ring (bicyclic) bond motifs is 1. The molecule has 0 aliphatic rings. The van der Waals surface area contributed by atoms with Crippen LogP contribution in [0.3, 0.4) is 0 Å². The molecule has 0 fully saturated rings. The van der Waals surface area contributed by atoms with E-state index in [1.807, 2.05) is 30.3 Å². The van der Waals surface area contributed by atoms with E-state index >= 15 is 0 Å². The molecule has 0 unspecified atom stereocenters. The van der Waals surface area contributed by atoms with Crippen molar-refractivity contribution in [1.29, 1.82) is 0 Å². The maximum absolute atomic E-state index is 12.5. The number of amides is 1. The first-order chi connectivity index (χ1) is 13.1. The van der Waals surface area contributed by atoms with Crippen LogP contribution in [0.5, 0.6) is 5.75 Å². The quantitative estimate of drug-likeness (QED) is 0.526. The van der Waals surface area contributed by atoms with Gasteiger partial charge >= 0.3 is 0 Å². The lowest BCUT2D eigenvalue weighted by Gasteiger charge is -2.04. The van der Waals surface area contributed by atoms with Crippen molar-refractivity contribution in [3.8, 4) is 5.75 Å². The number of carbonyl (C=O) groups excluding carboxylic acids is 1. The molecule has 27 heavy (non-hydrogen) atoms. The molecular weight excluding hydrogens is 396 g/mol. The van der Waals surface area contributed by atoms with Gasteiger partial charge in [0.05, 0.1) is 23.1 Å². The lowest BCUT2D eigenvalue weighted by molar-refractivity contribution is -0.115. The van der Waals surface area contributed by atoms with Gasteiger partial charge in [0, 0.05) is 17.2 Å². The third kappa shape index (κ3) is 5.18. The Kier molecular flexibility index (Phi) is 7.04. The number of methoxy groups -OCH3 is 1. The molecule has 2 aromatic carbocycles. The number of ether oxygens (including phenoxy) is 1. The summed E-state index contributed by atoms with van der Waals surface area (Å²) in [5, 5.41) is 0. The van der Waals surface area contributed by atoms with Crippen LogP contribution in [-0.4, -0.2) is 35.3 Å². The number of thioether (sulfide) groups is 2. The number of benzene rings is 2. The molecule has 1 aromatic heterocycles. The summed E-state index contributed by atoms with van der Waals surface area (Å²) in [4.78, 5) is 18.7. The topological polar surface area (TPSA) is 43.6 Å². The predicted octanol–water partition coefficient (Wildman–Crippen LogP) is 4.60. The van der Waals surface area contributed by atoms with Crippen LogP contribution >= 0.6 is 34.9 Å². The zero-order valence-electron chi connectivity index (χ0n) is 15.6. The highest BCUT2D eigenvalue weighted by molar-refractivity contribution is 8.00. The number of aryl methyl sites for hydroxylation is 2. The smallest absolute Gasteiger partial charge is 0.258 e. The summed E-state index contributed by atoms with van der Waals surface area (Å²) in [6, 6.07) is 14.2. The van der Waals surface area contributed by atoms with Gasteiger partial charge in [-0.2, -0.15) is 16.8 Å². The van der Waals surface area contributed by atoms with Crippen molar-refractivity contribution in [3.05, 3.63) is 52.8 Å². The summed E-state index contributed by atoms with van der Waals surface area (Å²) in [6.07, 6.45) is 2.08. The number of rotatable bonds is 7. The van der Waals surface area contributed by atoms with Crippen molar-refractivity contribution in [2.45, 2.75) is 18.4 Å². The number of nitrogens with zero attached hydrogens (tertiary/aromatic N) is 2. The highest BCUT2D eigenvalue weighted by atomic mass is 32.2. The van der Waals surface area contributed by atoms with E-state index in [-0.39, 0.29) is 5.91 Å². The molecule has 0 saturated carbocycles. The van der Waals surface area contributed by atoms with Gasteiger partial charge in [0.2, 0.25) is 0 Å². The zero-order valence-corrected chi connectivity index (χ0v) is 18.0. The van der Waals surface area contributed by atoms with Crippen LogP contribution < -0.4 is 9.54 Å². The van der Waals surface area contributed by atoms with E-state index in [1.54, 1.807) is 18.9 Å². The Morgan fingerprint density at radius 2 is 2.00 bits per heavy atom. The maximum atomic E-state index is 12.5. The summed E-state index contributed by atoms with van der Waals surface area (Å²) in [7, 11) is 1.66. The molecule has 0 N–H and O–H groups in total. The second kappa shape index (κ2) is 9.48. The largest absolute Gasteiger partial charge is 0.497 e. The van der Waals surface area contributed by atoms with Gasteiger partial charge in [-0.25, -0.2) is 0 Å². The first kappa shape index (κ1) is 20.0. The fourth-order valence-electron chi connectivity index (χ4n) is 2.58. The van der Waals surface area contributed by atoms with Gasteiger partial charge in [-0.3, -0.25) is 4.79 Å². The molecule has 0 spiro atoms. The third-order valence-electron chi connectivity index (χ3n) is 4.01. The summed E-state index contributed by atoms with van der Waals surface area (Å²) in [5.74, 6) is 2.01. The Morgan fingerprint density at radius 1 is 1.22 bits per heavy atom. The first-order valence-corrected chi connectivity index (χ1v) is 11.7. The SMILES string of the molecule is COc1ccc2c(c1)sc(=NC(=O)CSc1ccc(C)cc1)n2CCSC. The number of aromatic nitrogens is 1. The van der Waals surface area contributed by atoms with Crippen LogP contribution in [0, 0.1) is 6.92 Å². The highest BCUT2D eigenvalue weighted by Gasteiger charge is 2.09. The molecule has 0 aliphatic heterocycles. The van der Waals surface area contributed by atoms with Crippen molar-refractivity contribution < 1.29 is 9.53 Å². The molecule has 7 heteroatoms. The summed E-state index contributed by atoms with van der Waals surface area (Å²) >= 11 is 4.83. The Morgan fingerprint density at radius 3 is 2.70 bits per heavy atom. The van der Waals surface area contributed by atoms with Gasteiger partial charge < -0.3 is 9.30 Å². The molecule has 0 saturated heterocycles. The van der Waals surface area contributed by atoms with Crippen molar-refractivity contribution in [1.82, 2.24) is 4.57 Å². The molecule has 1 heterocycles. The minimum Gasteiger partial charge on any atom is -0.497 e. The molecule has 0 aliphatic carbocycles. The van der Waals surface area contributed by atoms with Crippen molar-refractivity contribution in [3.63, 3.8) is 0 Å². The summed E-state index contributed by atoms with van der Waals surface area (Å²) < 4.78 is 8.53. The number of carbonyl (C=O) groups is 1. The van der Waals surface area contributed by atoms with Crippen molar-refractivity contribution in [2.75, 3.05) is 24.9 Å². The average molecular weight is 419 g/mol. The summed E-state index contributed by atoms with van der Waals surface area (Å²) in [5.41, 5.74) is 2.30. The first-order valence-electron chi connectivity index (χ1n) is 8.54. The van der Waals surface area contributed by atoms with Crippen LogP contribution in [0.4, 0.5) is 0 Å². The van der Waals surface area contributed by atoms with Crippen LogP contribution in [0.15, 0.2) is 52.4 Å². The molecule has 0 atom stereocenters. The third-order valence-corrected chi connectivity index (χ3v) is 6.64. The van der Waals surface area contributed by atoms with Crippen LogP contribution in [0.2, 0.25) is 0 Å². The minimum absolute atomic E-state index is 0.114. The number of thiazole rings is 1. The zero-order chi connectivity index (χ0) is 19.2. The normalized spacial score (nSPS) is 11.9. The van der Waals surface area contributed by atoms with Gasteiger partial charge in [-0.05, 0) is 43.5 Å². The van der Waals surface area contributed by atoms with E-state index in [2.05, 4.69) is 34.9 Å². The van der Waals surface area contributed by atoms with Gasteiger partial charge in [-0.15, -0.1) is 11.8 Å². The van der Waals surface area contributed by atoms with Crippen molar-refractivity contribution >= 4 is 51.0 Å². The number of hydrogen-bond acceptors (Lipinski definition) is 5. The molecular formula is C20H22N2O2S3. The average Bonchev–Trinajstić information content (AvgIpc) is 3.01. The predicted molar refractivity (Wildman–Crippen MR) is 117 cm³/mol. The second-order valence-electron chi connectivity index (χ2n) is 5.97. The molecule has 3 aromatic rings. The molecule has 0 radical (unpaired) electrons. The fraction of sp³-hybridized carbons (Fsp3) is 0.300. The molecule has 142 valence electrons. The number of hydrogen-bond donors (Lipinski definition) is 0. The van der Waals surface area contributed by atoms with Gasteiger partial charge in [0.15, 0.2) is 4.80 Å². The van der Waals surface area contributed by atoms with E-state index in [0.29, 0.717) is 5.75 Å². The van der Waals surface area contributed by atoms with Crippen molar-refractivity contribution in [2.24, 2.45) is 4.99 Å². The van der Waals surface area contributed by atoms with Gasteiger partial charge in [0.25, 0.3) is 5.91 Å². The lowest BCUT2D eigenvalue weighted by Crippen LogP contribution is -2.18. The van der Waals surface area contributed by atoms with E-state index in [9.17, 15) is 4.79 Å². The van der Waals surface area contributed by atoms with E-state index in [4.69, 9.17) is 4.74 Å². The van der Waals surface area contributed by atoms with E-state index < -0.39 is 0 Å². The summed E-state index contributed by atoms with van der Waals surface area (Å²) in [6.45, 7) is 2.88. The lowest BCUT2D eigenvalue weighted by atomic mass is 10.2. The van der Waals surface area contributed by atoms with Gasteiger partial charge in [-0.1, -0.05) is 29.0 Å². The Balaban J connectivity index is 1.86. The van der Waals surface area contributed by atoms with E-state index in [1.165, 1.54) is 28.7 Å². The Hall–Kier alpha value is -1.70. The Bertz CT molecular complexity index is 991. The van der Waals surface area contributed by atoms with Crippen LogP contribution in [0.25, 0.3) is 10.2 Å². The molecule has 4 nitrogen and oxygen atoms in total. The van der Waals surface area contributed by atoms with E-state index in [0.717, 1.165) is 38.0 Å². The minimum atomic E-state index is -0.114. The highest BCUT2D eigenvalue weighted by Crippen LogP contribution is 2.23. The molecule has 3 rings (SSSR count).